The Bertz CT molecular complexity index is 629. The van der Waals surface area contributed by atoms with E-state index in [1.54, 1.807) is 19.2 Å². The van der Waals surface area contributed by atoms with E-state index in [0.717, 1.165) is 12.8 Å². The van der Waals surface area contributed by atoms with E-state index in [1.165, 1.54) is 17.5 Å². The summed E-state index contributed by atoms with van der Waals surface area (Å²) in [6, 6.07) is 4.70. The van der Waals surface area contributed by atoms with Gasteiger partial charge in [0.2, 0.25) is 10.0 Å². The van der Waals surface area contributed by atoms with Gasteiger partial charge in [0, 0.05) is 19.2 Å². The Hall–Kier alpha value is -1.55. The van der Waals surface area contributed by atoms with E-state index in [9.17, 15) is 8.42 Å². The molecule has 116 valence electrons. The number of rotatable bonds is 6. The third kappa shape index (κ3) is 4.46. The molecule has 0 radical (unpaired) electrons. The normalized spacial score (nSPS) is 11.1. The number of hydrogen-bond donors (Lipinski definition) is 1. The molecule has 0 aromatic heterocycles. The zero-order valence-electron chi connectivity index (χ0n) is 12.6. The monoisotopic (exact) mass is 311 g/mol. The fraction of sp³-hybridized carbons (Fsp3) is 0.467. The van der Waals surface area contributed by atoms with Gasteiger partial charge < -0.3 is 9.84 Å². The van der Waals surface area contributed by atoms with Crippen LogP contribution in [0.1, 0.15) is 25.3 Å². The zero-order chi connectivity index (χ0) is 15.9. The lowest BCUT2D eigenvalue weighted by atomic mass is 10.2. The predicted molar refractivity (Wildman–Crippen MR) is 81.7 cm³/mol. The van der Waals surface area contributed by atoms with Crippen molar-refractivity contribution in [3.63, 3.8) is 0 Å². The van der Waals surface area contributed by atoms with Crippen LogP contribution in [0.2, 0.25) is 0 Å². The molecule has 0 aliphatic heterocycles. The summed E-state index contributed by atoms with van der Waals surface area (Å²) in [5, 5.41) is 8.72. The maximum Gasteiger partial charge on any atom is 0.246 e. The van der Waals surface area contributed by atoms with Crippen LogP contribution < -0.4 is 4.74 Å². The van der Waals surface area contributed by atoms with Crippen molar-refractivity contribution >= 4 is 10.0 Å². The number of nitrogens with zero attached hydrogens (tertiary/aromatic N) is 1. The topological polar surface area (TPSA) is 66.8 Å². The van der Waals surface area contributed by atoms with Crippen molar-refractivity contribution in [3.05, 3.63) is 23.8 Å². The number of methoxy groups -OCH3 is 1. The van der Waals surface area contributed by atoms with Crippen LogP contribution in [0, 0.1) is 11.8 Å². The van der Waals surface area contributed by atoms with Gasteiger partial charge in [0.1, 0.15) is 17.3 Å². The molecule has 1 aromatic rings. The molecule has 1 rings (SSSR count). The van der Waals surface area contributed by atoms with Crippen molar-refractivity contribution in [3.8, 4) is 17.6 Å². The summed E-state index contributed by atoms with van der Waals surface area (Å²) in [5.74, 6) is 5.49. The van der Waals surface area contributed by atoms with Gasteiger partial charge in [-0.25, -0.2) is 12.7 Å². The molecule has 21 heavy (non-hydrogen) atoms. The third-order valence-corrected chi connectivity index (χ3v) is 4.87. The smallest absolute Gasteiger partial charge is 0.246 e. The minimum absolute atomic E-state index is 0.0911. The summed E-state index contributed by atoms with van der Waals surface area (Å²) < 4.78 is 31.6. The highest BCUT2D eigenvalue weighted by Crippen LogP contribution is 2.27. The maximum atomic E-state index is 12.6. The van der Waals surface area contributed by atoms with Crippen LogP contribution in [0.25, 0.3) is 0 Å². The van der Waals surface area contributed by atoms with E-state index in [0.29, 0.717) is 12.1 Å². The van der Waals surface area contributed by atoms with E-state index in [4.69, 9.17) is 9.84 Å². The Morgan fingerprint density at radius 2 is 2.10 bits per heavy atom. The Kier molecular flexibility index (Phi) is 6.69. The van der Waals surface area contributed by atoms with Crippen LogP contribution in [0.4, 0.5) is 0 Å². The molecule has 0 saturated carbocycles. The molecule has 0 heterocycles. The number of ether oxygens (including phenoxy) is 1. The number of aliphatic hydroxyl groups is 1. The van der Waals surface area contributed by atoms with Gasteiger partial charge in [0.15, 0.2) is 0 Å². The second-order valence-corrected chi connectivity index (χ2v) is 6.52. The zero-order valence-corrected chi connectivity index (χ0v) is 13.4. The van der Waals surface area contributed by atoms with Crippen molar-refractivity contribution in [2.45, 2.75) is 24.7 Å². The quantitative estimate of drug-likeness (QED) is 0.808. The number of sulfonamides is 1. The van der Waals surface area contributed by atoms with Gasteiger partial charge >= 0.3 is 0 Å². The van der Waals surface area contributed by atoms with Crippen LogP contribution in [0.15, 0.2) is 23.1 Å². The molecule has 0 fully saturated rings. The average molecular weight is 311 g/mol. The molecule has 0 aliphatic carbocycles. The summed E-state index contributed by atoms with van der Waals surface area (Å²) in [6.45, 7) is 2.19. The molecule has 0 amide bonds. The summed E-state index contributed by atoms with van der Waals surface area (Å²) in [4.78, 5) is 0.0911. The molecule has 0 spiro atoms. The van der Waals surface area contributed by atoms with Gasteiger partial charge in [-0.05, 0) is 24.6 Å². The van der Waals surface area contributed by atoms with Gasteiger partial charge in [0.05, 0.1) is 7.11 Å². The Morgan fingerprint density at radius 3 is 2.67 bits per heavy atom. The first-order valence-corrected chi connectivity index (χ1v) is 8.15. The minimum atomic E-state index is -3.62. The Morgan fingerprint density at radius 1 is 1.38 bits per heavy atom. The largest absolute Gasteiger partial charge is 0.495 e. The molecule has 0 unspecified atom stereocenters. The lowest BCUT2D eigenvalue weighted by molar-refractivity contribution is 0.350. The number of aliphatic hydroxyl groups excluding tert-OH is 1. The molecular formula is C15H21NO4S. The molecule has 1 N–H and O–H groups in total. The fourth-order valence-electron chi connectivity index (χ4n) is 1.77. The summed E-state index contributed by atoms with van der Waals surface area (Å²) in [5.41, 5.74) is 0.521. The van der Waals surface area contributed by atoms with Crippen LogP contribution >= 0.6 is 0 Å². The summed E-state index contributed by atoms with van der Waals surface area (Å²) in [6.07, 6.45) is 1.71. The average Bonchev–Trinajstić information content (AvgIpc) is 2.50. The fourth-order valence-corrected chi connectivity index (χ4v) is 3.15. The number of hydrogen-bond acceptors (Lipinski definition) is 4. The lowest BCUT2D eigenvalue weighted by Gasteiger charge is -2.18. The Labute approximate surface area is 126 Å². The standard InChI is InChI=1S/C15H21NO4S/c1-4-5-10-16(2)21(18,19)15-12-13(7-6-11-17)8-9-14(15)20-3/h8-9,12,17H,4-5,10-11H2,1-3H3. The molecular weight excluding hydrogens is 290 g/mol. The first-order chi connectivity index (χ1) is 9.97. The summed E-state index contributed by atoms with van der Waals surface area (Å²) >= 11 is 0. The summed E-state index contributed by atoms with van der Waals surface area (Å²) in [7, 11) is -0.641. The van der Waals surface area contributed by atoms with Crippen molar-refractivity contribution in [1.29, 1.82) is 0 Å². The van der Waals surface area contributed by atoms with E-state index < -0.39 is 10.0 Å². The van der Waals surface area contributed by atoms with Crippen LogP contribution in [0.5, 0.6) is 5.75 Å². The Balaban J connectivity index is 3.25. The van der Waals surface area contributed by atoms with E-state index >= 15 is 0 Å². The highest BCUT2D eigenvalue weighted by molar-refractivity contribution is 7.89. The second kappa shape index (κ2) is 8.03. The molecule has 6 heteroatoms. The van der Waals surface area contributed by atoms with Crippen molar-refractivity contribution in [2.75, 3.05) is 27.3 Å². The van der Waals surface area contributed by atoms with Gasteiger partial charge in [-0.15, -0.1) is 0 Å². The van der Waals surface area contributed by atoms with E-state index in [-0.39, 0.29) is 17.3 Å². The lowest BCUT2D eigenvalue weighted by Crippen LogP contribution is -2.28. The number of benzene rings is 1. The van der Waals surface area contributed by atoms with Crippen LogP contribution in [-0.4, -0.2) is 45.1 Å². The van der Waals surface area contributed by atoms with Crippen LogP contribution in [-0.2, 0) is 10.0 Å². The predicted octanol–water partition coefficient (Wildman–Crippen LogP) is 1.46. The third-order valence-electron chi connectivity index (χ3n) is 2.99. The van der Waals surface area contributed by atoms with Crippen molar-refractivity contribution in [1.82, 2.24) is 4.31 Å². The van der Waals surface area contributed by atoms with Gasteiger partial charge in [0.25, 0.3) is 0 Å². The molecule has 1 aromatic carbocycles. The number of unbranched alkanes of at least 4 members (excludes halogenated alkanes) is 1. The highest BCUT2D eigenvalue weighted by atomic mass is 32.2. The molecule has 0 aliphatic rings. The molecule has 0 saturated heterocycles. The molecule has 5 nitrogen and oxygen atoms in total. The first-order valence-electron chi connectivity index (χ1n) is 6.71. The second-order valence-electron chi connectivity index (χ2n) is 4.51. The maximum absolute atomic E-state index is 12.6. The van der Waals surface area contributed by atoms with Crippen molar-refractivity contribution in [2.24, 2.45) is 0 Å². The first kappa shape index (κ1) is 17.5. The van der Waals surface area contributed by atoms with Gasteiger partial charge in [-0.2, -0.15) is 0 Å². The van der Waals surface area contributed by atoms with E-state index in [2.05, 4.69) is 11.8 Å². The molecule has 0 atom stereocenters. The highest BCUT2D eigenvalue weighted by Gasteiger charge is 2.24. The van der Waals surface area contributed by atoms with Crippen molar-refractivity contribution < 1.29 is 18.3 Å². The minimum Gasteiger partial charge on any atom is -0.495 e. The van der Waals surface area contributed by atoms with Gasteiger partial charge in [-0.3, -0.25) is 0 Å². The molecule has 0 bridgehead atoms. The van der Waals surface area contributed by atoms with Gasteiger partial charge in [-0.1, -0.05) is 25.2 Å². The SMILES string of the molecule is CCCCN(C)S(=O)(=O)c1cc(C#CCO)ccc1OC. The van der Waals surface area contributed by atoms with E-state index in [1.807, 2.05) is 6.92 Å². The van der Waals surface area contributed by atoms with Crippen LogP contribution in [0.3, 0.4) is 0 Å².